The lowest BCUT2D eigenvalue weighted by molar-refractivity contribution is -0.117. The number of halogens is 1. The van der Waals surface area contributed by atoms with Crippen molar-refractivity contribution in [1.29, 1.82) is 0 Å². The number of amides is 2. The van der Waals surface area contributed by atoms with Crippen molar-refractivity contribution in [3.8, 4) is 5.75 Å². The van der Waals surface area contributed by atoms with Crippen LogP contribution in [0.25, 0.3) is 6.08 Å². The van der Waals surface area contributed by atoms with Crippen LogP contribution in [-0.4, -0.2) is 42.9 Å². The summed E-state index contributed by atoms with van der Waals surface area (Å²) in [5.41, 5.74) is 4.80. The average molecular weight is 548 g/mol. The van der Waals surface area contributed by atoms with Gasteiger partial charge in [0.1, 0.15) is 5.82 Å². The molecule has 6 rings (SSSR count). The Morgan fingerprint density at radius 1 is 0.829 bits per heavy atom. The normalized spacial score (nSPS) is 16.0. The van der Waals surface area contributed by atoms with Crippen LogP contribution in [0.2, 0.25) is 0 Å². The molecule has 2 amide bonds. The van der Waals surface area contributed by atoms with E-state index in [1.54, 1.807) is 40.1 Å². The quantitative estimate of drug-likeness (QED) is 0.285. The van der Waals surface area contributed by atoms with Gasteiger partial charge in [-0.3, -0.25) is 14.5 Å². The number of benzene rings is 4. The zero-order valence-electron chi connectivity index (χ0n) is 22.8. The zero-order chi connectivity index (χ0) is 28.3. The first-order chi connectivity index (χ1) is 20.0. The third kappa shape index (κ3) is 5.57. The van der Waals surface area contributed by atoms with E-state index in [0.29, 0.717) is 49.7 Å². The second-order valence-corrected chi connectivity index (χ2v) is 10.3. The minimum absolute atomic E-state index is 0.0689. The summed E-state index contributed by atoms with van der Waals surface area (Å²) in [6.07, 6.45) is 1.71. The molecule has 2 aliphatic rings. The molecule has 41 heavy (non-hydrogen) atoms. The highest BCUT2D eigenvalue weighted by Crippen LogP contribution is 2.36. The molecular formula is C34H30FN3O3. The van der Waals surface area contributed by atoms with Crippen LogP contribution in [0.5, 0.6) is 5.75 Å². The van der Waals surface area contributed by atoms with Gasteiger partial charge in [-0.25, -0.2) is 4.39 Å². The third-order valence-electron chi connectivity index (χ3n) is 7.51. The van der Waals surface area contributed by atoms with Crippen molar-refractivity contribution in [3.05, 3.63) is 131 Å². The van der Waals surface area contributed by atoms with Crippen molar-refractivity contribution in [3.63, 3.8) is 0 Å². The molecule has 1 fully saturated rings. The molecular weight excluding hydrogens is 517 g/mol. The maximum Gasteiger partial charge on any atom is 0.294 e. The molecule has 7 heteroatoms. The van der Waals surface area contributed by atoms with Gasteiger partial charge in [0, 0.05) is 31.7 Å². The van der Waals surface area contributed by atoms with Gasteiger partial charge >= 0.3 is 0 Å². The molecule has 0 unspecified atom stereocenters. The van der Waals surface area contributed by atoms with Gasteiger partial charge < -0.3 is 14.5 Å². The van der Waals surface area contributed by atoms with Gasteiger partial charge in [0.25, 0.3) is 11.8 Å². The van der Waals surface area contributed by atoms with Crippen molar-refractivity contribution in [2.24, 2.45) is 0 Å². The number of aryl methyl sites for hydroxylation is 1. The Balaban J connectivity index is 1.16. The van der Waals surface area contributed by atoms with E-state index in [1.807, 2.05) is 78.6 Å². The van der Waals surface area contributed by atoms with Gasteiger partial charge in [-0.05, 0) is 60.5 Å². The number of carbonyl (C=O) groups is 2. The van der Waals surface area contributed by atoms with Crippen LogP contribution in [0.4, 0.5) is 15.8 Å². The summed E-state index contributed by atoms with van der Waals surface area (Å²) in [6, 6.07) is 29.5. The van der Waals surface area contributed by atoms with E-state index in [2.05, 4.69) is 0 Å². The fourth-order valence-corrected chi connectivity index (χ4v) is 5.21. The molecule has 0 bridgehead atoms. The van der Waals surface area contributed by atoms with E-state index in [0.717, 1.165) is 22.4 Å². The van der Waals surface area contributed by atoms with Gasteiger partial charge in [-0.1, -0.05) is 66.2 Å². The van der Waals surface area contributed by atoms with Crippen LogP contribution in [0.1, 0.15) is 27.0 Å². The Morgan fingerprint density at radius 2 is 1.49 bits per heavy atom. The summed E-state index contributed by atoms with van der Waals surface area (Å²) in [5.74, 6) is 0.294. The second kappa shape index (κ2) is 11.3. The molecule has 206 valence electrons. The average Bonchev–Trinajstić information content (AvgIpc) is 3.00. The smallest absolute Gasteiger partial charge is 0.294 e. The van der Waals surface area contributed by atoms with E-state index in [4.69, 9.17) is 4.74 Å². The lowest BCUT2D eigenvalue weighted by Crippen LogP contribution is -2.49. The minimum Gasteiger partial charge on any atom is -0.449 e. The predicted octanol–water partition coefficient (Wildman–Crippen LogP) is 6.06. The summed E-state index contributed by atoms with van der Waals surface area (Å²) < 4.78 is 20.2. The Labute approximate surface area is 238 Å². The van der Waals surface area contributed by atoms with Crippen LogP contribution in [0.15, 0.2) is 103 Å². The van der Waals surface area contributed by atoms with Crippen molar-refractivity contribution >= 4 is 29.3 Å². The third-order valence-corrected chi connectivity index (χ3v) is 7.51. The molecule has 0 spiro atoms. The lowest BCUT2D eigenvalue weighted by Gasteiger charge is -2.36. The number of carbonyl (C=O) groups excluding carboxylic acids is 2. The number of piperazine rings is 1. The maximum absolute atomic E-state index is 14.2. The standard InChI is InChI=1S/C34H30FN3O3/c1-24-10-12-26(13-11-24)23-38-30-8-4-5-9-31(30)41-32(34(38)40)22-25-14-16-27(17-15-25)33(39)37-20-18-36(19-21-37)29-7-3-2-6-28(29)35/h2-17,22H,18-21,23H2,1H3/b32-22+. The molecule has 4 aromatic rings. The van der Waals surface area contributed by atoms with E-state index in [-0.39, 0.29) is 23.4 Å². The molecule has 0 N–H and O–H groups in total. The number of ether oxygens (including phenoxy) is 1. The number of fused-ring (bicyclic) bond motifs is 1. The molecule has 4 aromatic carbocycles. The summed E-state index contributed by atoms with van der Waals surface area (Å²) in [6.45, 7) is 4.62. The number of hydrogen-bond donors (Lipinski definition) is 0. The van der Waals surface area contributed by atoms with Crippen LogP contribution in [-0.2, 0) is 11.3 Å². The number of nitrogens with zero attached hydrogens (tertiary/aromatic N) is 3. The molecule has 0 atom stereocenters. The first-order valence-corrected chi connectivity index (χ1v) is 13.7. The Bertz CT molecular complexity index is 1610. The molecule has 0 radical (unpaired) electrons. The van der Waals surface area contributed by atoms with E-state index in [1.165, 1.54) is 6.07 Å². The highest BCUT2D eigenvalue weighted by Gasteiger charge is 2.30. The Morgan fingerprint density at radius 3 is 2.20 bits per heavy atom. The first kappa shape index (κ1) is 26.3. The highest BCUT2D eigenvalue weighted by molar-refractivity contribution is 6.09. The Hall–Kier alpha value is -4.91. The summed E-state index contributed by atoms with van der Waals surface area (Å²) in [7, 11) is 0. The molecule has 0 aromatic heterocycles. The molecule has 0 saturated carbocycles. The fraction of sp³-hybridized carbons (Fsp3) is 0.176. The number of para-hydroxylation sites is 3. The first-order valence-electron chi connectivity index (χ1n) is 13.7. The van der Waals surface area contributed by atoms with Gasteiger partial charge in [-0.2, -0.15) is 0 Å². The van der Waals surface area contributed by atoms with Crippen molar-refractivity contribution < 1.29 is 18.7 Å². The molecule has 0 aliphatic carbocycles. The van der Waals surface area contributed by atoms with Gasteiger partial charge in [0.05, 0.1) is 17.9 Å². The van der Waals surface area contributed by atoms with E-state index < -0.39 is 0 Å². The highest BCUT2D eigenvalue weighted by atomic mass is 19.1. The largest absolute Gasteiger partial charge is 0.449 e. The van der Waals surface area contributed by atoms with Crippen LogP contribution < -0.4 is 14.5 Å². The Kier molecular flexibility index (Phi) is 7.25. The van der Waals surface area contributed by atoms with Gasteiger partial charge in [0.15, 0.2) is 11.5 Å². The van der Waals surface area contributed by atoms with E-state index in [9.17, 15) is 14.0 Å². The molecule has 6 nitrogen and oxygen atoms in total. The number of anilines is 2. The van der Waals surface area contributed by atoms with Crippen molar-refractivity contribution in [1.82, 2.24) is 4.90 Å². The van der Waals surface area contributed by atoms with Crippen LogP contribution >= 0.6 is 0 Å². The second-order valence-electron chi connectivity index (χ2n) is 10.3. The van der Waals surface area contributed by atoms with Crippen molar-refractivity contribution in [2.45, 2.75) is 13.5 Å². The summed E-state index contributed by atoms with van der Waals surface area (Å²) in [5, 5.41) is 0. The summed E-state index contributed by atoms with van der Waals surface area (Å²) in [4.78, 5) is 32.2. The SMILES string of the molecule is Cc1ccc(CN2C(=O)/C(=C\c3ccc(C(=O)N4CCN(c5ccccc5F)CC4)cc3)Oc3ccccc32)cc1. The zero-order valence-corrected chi connectivity index (χ0v) is 22.8. The van der Waals surface area contributed by atoms with E-state index >= 15 is 0 Å². The maximum atomic E-state index is 14.2. The lowest BCUT2D eigenvalue weighted by atomic mass is 10.1. The van der Waals surface area contributed by atoms with Crippen LogP contribution in [0, 0.1) is 12.7 Å². The van der Waals surface area contributed by atoms with Crippen molar-refractivity contribution in [2.75, 3.05) is 36.0 Å². The molecule has 2 aliphatic heterocycles. The molecule has 1 saturated heterocycles. The van der Waals surface area contributed by atoms with Crippen LogP contribution in [0.3, 0.4) is 0 Å². The fourth-order valence-electron chi connectivity index (χ4n) is 5.21. The summed E-state index contributed by atoms with van der Waals surface area (Å²) >= 11 is 0. The number of rotatable bonds is 5. The predicted molar refractivity (Wildman–Crippen MR) is 158 cm³/mol. The minimum atomic E-state index is -0.251. The van der Waals surface area contributed by atoms with Gasteiger partial charge in [-0.15, -0.1) is 0 Å². The van der Waals surface area contributed by atoms with Gasteiger partial charge in [0.2, 0.25) is 0 Å². The number of hydrogen-bond acceptors (Lipinski definition) is 4. The topological polar surface area (TPSA) is 53.1 Å². The monoisotopic (exact) mass is 547 g/mol. The molecule has 2 heterocycles.